The fourth-order valence-electron chi connectivity index (χ4n) is 0.774. The Balaban J connectivity index is 0. The van der Waals surface area contributed by atoms with E-state index in [1.54, 1.807) is 20.8 Å². The van der Waals surface area contributed by atoms with Crippen LogP contribution in [0.1, 0.15) is 20.8 Å². The number of carboxylic acids is 1. The Bertz CT molecular complexity index is 225. The summed E-state index contributed by atoms with van der Waals surface area (Å²) < 4.78 is 0.951. The second-order valence-electron chi connectivity index (χ2n) is 5.43. The molecule has 94 valence electrons. The first kappa shape index (κ1) is 17.3. The Morgan fingerprint density at radius 3 is 1.56 bits per heavy atom. The summed E-state index contributed by atoms with van der Waals surface area (Å²) in [5, 5.41) is 8.25. The van der Waals surface area contributed by atoms with Gasteiger partial charge in [0.25, 0.3) is 0 Å². The maximum absolute atomic E-state index is 10.0. The first-order chi connectivity index (χ1) is 7.06. The molecule has 0 spiro atoms. The Morgan fingerprint density at radius 1 is 1.19 bits per heavy atom. The van der Waals surface area contributed by atoms with Gasteiger partial charge in [-0.2, -0.15) is 0 Å². The molecule has 0 fully saturated rings. The lowest BCUT2D eigenvalue weighted by Gasteiger charge is -2.26. The Hall–Kier alpha value is -1.09. The van der Waals surface area contributed by atoms with Crippen LogP contribution < -0.4 is 0 Å². The lowest BCUT2D eigenvalue weighted by atomic mass is 9.98. The van der Waals surface area contributed by atoms with Crippen LogP contribution in [0.25, 0.3) is 0 Å². The van der Waals surface area contributed by atoms with Gasteiger partial charge in [-0.05, 0) is 32.9 Å². The van der Waals surface area contributed by atoms with Gasteiger partial charge in [0.2, 0.25) is 0 Å². The number of hydrogen-bond acceptors (Lipinski definition) is 1. The van der Waals surface area contributed by atoms with Crippen LogP contribution in [0, 0.1) is 5.41 Å². The molecular weight excluding hydrogens is 202 g/mol. The minimum absolute atomic E-state index is 0.583. The number of nitrogens with zero attached hydrogens (tertiary/aromatic N) is 1. The summed E-state index contributed by atoms with van der Waals surface area (Å²) in [6.45, 7) is 14.4. The number of carbonyl (C=O) groups is 1. The number of quaternary nitrogens is 1. The van der Waals surface area contributed by atoms with E-state index in [2.05, 4.69) is 27.3 Å². The zero-order valence-corrected chi connectivity index (χ0v) is 11.3. The van der Waals surface area contributed by atoms with Gasteiger partial charge in [0.1, 0.15) is 0 Å². The van der Waals surface area contributed by atoms with Crippen LogP contribution in [-0.2, 0) is 4.79 Å². The third-order valence-corrected chi connectivity index (χ3v) is 1.89. The van der Waals surface area contributed by atoms with E-state index in [4.69, 9.17) is 5.11 Å². The van der Waals surface area contributed by atoms with Crippen LogP contribution in [0.2, 0.25) is 0 Å². The Morgan fingerprint density at radius 2 is 1.44 bits per heavy atom. The van der Waals surface area contributed by atoms with Gasteiger partial charge in [-0.3, -0.25) is 4.79 Å². The van der Waals surface area contributed by atoms with E-state index >= 15 is 0 Å². The normalized spacial score (nSPS) is 11.1. The molecule has 16 heavy (non-hydrogen) atoms. The van der Waals surface area contributed by atoms with Crippen LogP contribution >= 0.6 is 0 Å². The van der Waals surface area contributed by atoms with Crippen molar-refractivity contribution in [3.63, 3.8) is 0 Å². The number of hydrogen-bond donors (Lipinski definition) is 1. The summed E-state index contributed by atoms with van der Waals surface area (Å²) in [5.74, 6) is -0.757. The fraction of sp³-hybridized carbons (Fsp3) is 0.615. The van der Waals surface area contributed by atoms with Crippen molar-refractivity contribution in [2.24, 2.45) is 5.41 Å². The van der Waals surface area contributed by atoms with Crippen LogP contribution in [-0.4, -0.2) is 42.7 Å². The van der Waals surface area contributed by atoms with Crippen molar-refractivity contribution in [3.8, 4) is 0 Å². The number of carboxylic acid groups (broad SMARTS) is 1. The van der Waals surface area contributed by atoms with Gasteiger partial charge in [-0.15, -0.1) is 0 Å². The summed E-state index contributed by atoms with van der Waals surface area (Å²) in [4.78, 5) is 10.0. The van der Waals surface area contributed by atoms with Gasteiger partial charge in [-0.25, -0.2) is 0 Å². The van der Waals surface area contributed by atoms with Gasteiger partial charge in [0.15, 0.2) is 0 Å². The van der Waals surface area contributed by atoms with Gasteiger partial charge in [-0.1, -0.05) is 13.2 Å². The fourth-order valence-corrected chi connectivity index (χ4v) is 0.774. The third kappa shape index (κ3) is 11.0. The SMILES string of the molecule is C=CC[N+](C)(C)CC=C.CC(C)(C)C(=O)O. The molecule has 3 heteroatoms. The van der Waals surface area contributed by atoms with Gasteiger partial charge in [0, 0.05) is 0 Å². The van der Waals surface area contributed by atoms with Crippen molar-refractivity contribution in [2.75, 3.05) is 27.2 Å². The highest BCUT2D eigenvalue weighted by Crippen LogP contribution is 2.11. The second-order valence-corrected chi connectivity index (χ2v) is 5.43. The maximum Gasteiger partial charge on any atom is 0.308 e. The summed E-state index contributed by atoms with van der Waals surface area (Å²) in [7, 11) is 4.31. The predicted molar refractivity (Wildman–Crippen MR) is 69.3 cm³/mol. The van der Waals surface area contributed by atoms with Crippen molar-refractivity contribution in [1.82, 2.24) is 0 Å². The lowest BCUT2D eigenvalue weighted by Crippen LogP contribution is -2.39. The molecule has 0 atom stereocenters. The molecule has 0 unspecified atom stereocenters. The zero-order valence-electron chi connectivity index (χ0n) is 11.3. The molecule has 0 saturated carbocycles. The number of likely N-dealkylation sites (N-methyl/N-ethyl adjacent to an activating group) is 1. The van der Waals surface area contributed by atoms with Crippen molar-refractivity contribution in [1.29, 1.82) is 0 Å². The average Bonchev–Trinajstić information content (AvgIpc) is 2.02. The highest BCUT2D eigenvalue weighted by molar-refractivity contribution is 5.72. The summed E-state index contributed by atoms with van der Waals surface area (Å²) in [6, 6.07) is 0. The van der Waals surface area contributed by atoms with Crippen molar-refractivity contribution < 1.29 is 14.4 Å². The van der Waals surface area contributed by atoms with Gasteiger partial charge in [0.05, 0.1) is 32.6 Å². The molecule has 0 aromatic heterocycles. The molecule has 0 radical (unpaired) electrons. The Kier molecular flexibility index (Phi) is 7.82. The molecular formula is C13H26NO2+. The van der Waals surface area contributed by atoms with E-state index in [9.17, 15) is 4.79 Å². The smallest absolute Gasteiger partial charge is 0.308 e. The highest BCUT2D eigenvalue weighted by Gasteiger charge is 2.18. The number of aliphatic carboxylic acids is 1. The van der Waals surface area contributed by atoms with Crippen LogP contribution in [0.3, 0.4) is 0 Å². The topological polar surface area (TPSA) is 37.3 Å². The molecule has 0 bridgehead atoms. The molecule has 0 aromatic rings. The molecule has 3 nitrogen and oxygen atoms in total. The summed E-state index contributed by atoms with van der Waals surface area (Å²) in [6.07, 6.45) is 3.87. The molecule has 0 saturated heterocycles. The monoisotopic (exact) mass is 228 g/mol. The minimum atomic E-state index is -0.757. The maximum atomic E-state index is 10.0. The van der Waals surface area contributed by atoms with Crippen LogP contribution in [0.15, 0.2) is 25.3 Å². The van der Waals surface area contributed by atoms with Gasteiger partial charge >= 0.3 is 5.97 Å². The first-order valence-electron chi connectivity index (χ1n) is 5.34. The van der Waals surface area contributed by atoms with E-state index in [1.807, 2.05) is 12.2 Å². The molecule has 0 aliphatic rings. The molecule has 0 aromatic carbocycles. The molecule has 0 aliphatic carbocycles. The lowest BCUT2D eigenvalue weighted by molar-refractivity contribution is -0.878. The molecule has 1 N–H and O–H groups in total. The largest absolute Gasteiger partial charge is 0.481 e. The van der Waals surface area contributed by atoms with Crippen molar-refractivity contribution in [3.05, 3.63) is 25.3 Å². The van der Waals surface area contributed by atoms with E-state index in [1.165, 1.54) is 0 Å². The standard InChI is InChI=1S/C8H16N.C5H10O2/c1-5-7-9(3,4)8-6-2;1-5(2,3)4(6)7/h5-6H,1-2,7-8H2,3-4H3;1-3H3,(H,6,7)/q+1;. The van der Waals surface area contributed by atoms with E-state index < -0.39 is 11.4 Å². The molecule has 0 rings (SSSR count). The van der Waals surface area contributed by atoms with E-state index in [0.29, 0.717) is 0 Å². The first-order valence-corrected chi connectivity index (χ1v) is 5.34. The molecule has 0 aliphatic heterocycles. The average molecular weight is 228 g/mol. The zero-order chi connectivity index (χ0) is 13.4. The van der Waals surface area contributed by atoms with E-state index in [-0.39, 0.29) is 0 Å². The second kappa shape index (κ2) is 7.23. The highest BCUT2D eigenvalue weighted by atomic mass is 16.4. The summed E-state index contributed by atoms with van der Waals surface area (Å²) in [5.41, 5.74) is -0.583. The van der Waals surface area contributed by atoms with Crippen molar-refractivity contribution >= 4 is 5.97 Å². The minimum Gasteiger partial charge on any atom is -0.481 e. The quantitative estimate of drug-likeness (QED) is 0.593. The summed E-state index contributed by atoms with van der Waals surface area (Å²) >= 11 is 0. The Labute approximate surface area is 99.7 Å². The van der Waals surface area contributed by atoms with Gasteiger partial charge < -0.3 is 9.59 Å². The molecule has 0 heterocycles. The molecule has 0 amide bonds. The van der Waals surface area contributed by atoms with Crippen LogP contribution in [0.5, 0.6) is 0 Å². The number of rotatable bonds is 4. The van der Waals surface area contributed by atoms with E-state index in [0.717, 1.165) is 17.6 Å². The van der Waals surface area contributed by atoms with Crippen LogP contribution in [0.4, 0.5) is 0 Å². The van der Waals surface area contributed by atoms with Crippen molar-refractivity contribution in [2.45, 2.75) is 20.8 Å². The predicted octanol–water partition coefficient (Wildman–Crippen LogP) is 2.55. The third-order valence-electron chi connectivity index (χ3n) is 1.89.